The van der Waals surface area contributed by atoms with Crippen molar-refractivity contribution in [2.75, 3.05) is 5.32 Å². The predicted molar refractivity (Wildman–Crippen MR) is 143 cm³/mol. The third kappa shape index (κ3) is 8.52. The number of rotatable bonds is 9. The van der Waals surface area contributed by atoms with Crippen LogP contribution < -0.4 is 5.32 Å². The van der Waals surface area contributed by atoms with Crippen LogP contribution in [0.1, 0.15) is 72.3 Å². The van der Waals surface area contributed by atoms with E-state index in [1.807, 2.05) is 25.2 Å². The summed E-state index contributed by atoms with van der Waals surface area (Å²) in [6.45, 7) is 12.2. The lowest BCUT2D eigenvalue weighted by molar-refractivity contribution is -0.141. The summed E-state index contributed by atoms with van der Waals surface area (Å²) in [7, 11) is 0. The van der Waals surface area contributed by atoms with Gasteiger partial charge in [0.1, 0.15) is 5.92 Å². The Hall–Kier alpha value is -3.18. The Morgan fingerprint density at radius 1 is 1.09 bits per heavy atom. The molecule has 1 aliphatic rings. The van der Waals surface area contributed by atoms with Gasteiger partial charge in [0.05, 0.1) is 6.10 Å². The second kappa shape index (κ2) is 12.5. The van der Waals surface area contributed by atoms with Crippen molar-refractivity contribution in [2.45, 2.75) is 72.8 Å². The molecule has 5 heteroatoms. The average molecular weight is 478 g/mol. The summed E-state index contributed by atoms with van der Waals surface area (Å²) in [5, 5.41) is 21.8. The molecule has 5 nitrogen and oxygen atoms in total. The average Bonchev–Trinajstić information content (AvgIpc) is 2.73. The summed E-state index contributed by atoms with van der Waals surface area (Å²) >= 11 is 0. The first-order valence-electron chi connectivity index (χ1n) is 12.1. The van der Waals surface area contributed by atoms with Crippen molar-refractivity contribution in [1.29, 1.82) is 0 Å². The molecule has 35 heavy (non-hydrogen) atoms. The number of carboxylic acid groups (broad SMARTS) is 1. The second-order valence-electron chi connectivity index (χ2n) is 10.1. The number of allylic oxidation sites excluding steroid dienone is 9. The van der Waals surface area contributed by atoms with Gasteiger partial charge < -0.3 is 15.5 Å². The van der Waals surface area contributed by atoms with E-state index < -0.39 is 18.0 Å². The first-order chi connectivity index (χ1) is 16.4. The normalized spacial score (nSPS) is 18.7. The van der Waals surface area contributed by atoms with E-state index in [4.69, 9.17) is 0 Å². The van der Waals surface area contributed by atoms with Gasteiger partial charge >= 0.3 is 5.97 Å². The molecule has 0 aliphatic heterocycles. The van der Waals surface area contributed by atoms with Gasteiger partial charge in [0.15, 0.2) is 0 Å². The topological polar surface area (TPSA) is 86.6 Å². The first-order valence-corrected chi connectivity index (χ1v) is 12.1. The zero-order valence-electron chi connectivity index (χ0n) is 21.8. The monoisotopic (exact) mass is 477 g/mol. The molecule has 188 valence electrons. The van der Waals surface area contributed by atoms with Crippen LogP contribution in [-0.4, -0.2) is 28.2 Å². The molecule has 0 saturated heterocycles. The summed E-state index contributed by atoms with van der Waals surface area (Å²) in [6, 6.07) is 6.47. The fourth-order valence-electron chi connectivity index (χ4n) is 4.47. The number of carbonyl (C=O) groups is 2. The Labute approximate surface area is 209 Å². The highest BCUT2D eigenvalue weighted by atomic mass is 16.4. The smallest absolute Gasteiger partial charge is 0.313 e. The van der Waals surface area contributed by atoms with Crippen LogP contribution in [0, 0.1) is 5.41 Å². The highest BCUT2D eigenvalue weighted by molar-refractivity contribution is 6.00. The second-order valence-corrected chi connectivity index (χ2v) is 10.1. The van der Waals surface area contributed by atoms with Crippen LogP contribution in [0.2, 0.25) is 0 Å². The number of anilines is 1. The lowest BCUT2D eigenvalue weighted by atomic mass is 9.72. The molecular weight excluding hydrogens is 438 g/mol. The zero-order chi connectivity index (χ0) is 26.2. The van der Waals surface area contributed by atoms with Crippen molar-refractivity contribution in [2.24, 2.45) is 5.41 Å². The maximum Gasteiger partial charge on any atom is 0.313 e. The molecule has 0 fully saturated rings. The first kappa shape index (κ1) is 28.1. The van der Waals surface area contributed by atoms with Crippen molar-refractivity contribution >= 4 is 17.6 Å². The largest absolute Gasteiger partial charge is 0.481 e. The zero-order valence-corrected chi connectivity index (χ0v) is 21.8. The van der Waals surface area contributed by atoms with Crippen LogP contribution >= 0.6 is 0 Å². The van der Waals surface area contributed by atoms with Crippen LogP contribution in [0.3, 0.4) is 0 Å². The summed E-state index contributed by atoms with van der Waals surface area (Å²) in [5.41, 5.74) is 6.11. The van der Waals surface area contributed by atoms with Gasteiger partial charge in [0, 0.05) is 11.8 Å². The van der Waals surface area contributed by atoms with Crippen molar-refractivity contribution < 1.29 is 19.8 Å². The minimum absolute atomic E-state index is 0.219. The predicted octanol–water partition coefficient (Wildman–Crippen LogP) is 6.71. The molecule has 1 aromatic carbocycles. The molecule has 2 atom stereocenters. The standard InChI is InChI=1S/C30H39NO4/c1-20(12-17-26-22(3)11-8-18-30(26,5)6)9-7-10-21(2)19-27(33)31-25-15-13-24(14-16-25)28(23(4)32)29(34)35/h7,9-10,12-17,19,23,28,32H,8,11,18H2,1-6H3,(H,31,33)(H,34,35). The quantitative estimate of drug-likeness (QED) is 0.273. The van der Waals surface area contributed by atoms with Gasteiger partial charge in [0.2, 0.25) is 5.91 Å². The summed E-state index contributed by atoms with van der Waals surface area (Å²) in [5.74, 6) is -2.37. The molecular formula is C30H39NO4. The van der Waals surface area contributed by atoms with E-state index >= 15 is 0 Å². The van der Waals surface area contributed by atoms with Crippen LogP contribution in [0.15, 0.2) is 83.0 Å². The third-order valence-electron chi connectivity index (χ3n) is 6.42. The van der Waals surface area contributed by atoms with E-state index in [0.717, 1.165) is 11.1 Å². The molecule has 0 bridgehead atoms. The molecule has 0 aromatic heterocycles. The number of benzene rings is 1. The van der Waals surface area contributed by atoms with Gasteiger partial charge in [-0.2, -0.15) is 0 Å². The Kier molecular flexibility index (Phi) is 10.0. The fourth-order valence-corrected chi connectivity index (χ4v) is 4.47. The number of nitrogens with one attached hydrogen (secondary N) is 1. The van der Waals surface area contributed by atoms with Crippen LogP contribution in [0.5, 0.6) is 0 Å². The highest BCUT2D eigenvalue weighted by Gasteiger charge is 2.26. The summed E-state index contributed by atoms with van der Waals surface area (Å²) in [4.78, 5) is 23.7. The van der Waals surface area contributed by atoms with Crippen molar-refractivity contribution in [3.8, 4) is 0 Å². The molecule has 0 heterocycles. The molecule has 2 rings (SSSR count). The maximum absolute atomic E-state index is 12.3. The number of aliphatic hydroxyl groups is 1. The summed E-state index contributed by atoms with van der Waals surface area (Å²) < 4.78 is 0. The van der Waals surface area contributed by atoms with E-state index in [9.17, 15) is 19.8 Å². The molecule has 3 N–H and O–H groups in total. The SMILES string of the molecule is CC(C=CC1=C(C)CCCC1(C)C)=CC=CC(C)=CC(=O)Nc1ccc(C(C(=O)O)C(C)O)cc1. The highest BCUT2D eigenvalue weighted by Crippen LogP contribution is 2.40. The van der Waals surface area contributed by atoms with E-state index in [0.29, 0.717) is 11.3 Å². The van der Waals surface area contributed by atoms with Gasteiger partial charge in [-0.3, -0.25) is 9.59 Å². The molecule has 0 spiro atoms. The van der Waals surface area contributed by atoms with E-state index in [1.165, 1.54) is 43.4 Å². The Morgan fingerprint density at radius 3 is 2.31 bits per heavy atom. The minimum atomic E-state index is -1.09. The number of aliphatic hydroxyl groups excluding tert-OH is 1. The van der Waals surface area contributed by atoms with Crippen molar-refractivity contribution in [3.05, 3.63) is 88.6 Å². The van der Waals surface area contributed by atoms with Crippen molar-refractivity contribution in [3.63, 3.8) is 0 Å². The van der Waals surface area contributed by atoms with Gasteiger partial charge in [-0.1, -0.05) is 67.5 Å². The Bertz CT molecular complexity index is 1070. The van der Waals surface area contributed by atoms with Gasteiger partial charge in [-0.25, -0.2) is 0 Å². The third-order valence-corrected chi connectivity index (χ3v) is 6.42. The van der Waals surface area contributed by atoms with Crippen molar-refractivity contribution in [1.82, 2.24) is 0 Å². The molecule has 0 radical (unpaired) electrons. The molecule has 0 saturated carbocycles. The lowest BCUT2D eigenvalue weighted by Gasteiger charge is -2.32. The molecule has 2 unspecified atom stereocenters. The Balaban J connectivity index is 1.97. The minimum Gasteiger partial charge on any atom is -0.481 e. The van der Waals surface area contributed by atoms with Crippen LogP contribution in [-0.2, 0) is 9.59 Å². The number of carboxylic acids is 1. The van der Waals surface area contributed by atoms with Crippen LogP contribution in [0.25, 0.3) is 0 Å². The maximum atomic E-state index is 12.3. The van der Waals surface area contributed by atoms with Crippen LogP contribution in [0.4, 0.5) is 5.69 Å². The van der Waals surface area contributed by atoms with Gasteiger partial charge in [-0.05, 0) is 81.2 Å². The number of hydrogen-bond donors (Lipinski definition) is 3. The number of aliphatic carboxylic acids is 1. The Morgan fingerprint density at radius 2 is 1.74 bits per heavy atom. The van der Waals surface area contributed by atoms with E-state index in [-0.39, 0.29) is 11.3 Å². The number of hydrogen-bond acceptors (Lipinski definition) is 3. The van der Waals surface area contributed by atoms with Gasteiger partial charge in [-0.15, -0.1) is 0 Å². The van der Waals surface area contributed by atoms with E-state index in [1.54, 1.807) is 24.3 Å². The molecule has 1 aromatic rings. The number of carbonyl (C=O) groups excluding carboxylic acids is 1. The fraction of sp³-hybridized carbons (Fsp3) is 0.400. The number of amides is 1. The molecule has 1 aliphatic carbocycles. The summed E-state index contributed by atoms with van der Waals surface area (Å²) in [6.07, 6.45) is 14.4. The van der Waals surface area contributed by atoms with Gasteiger partial charge in [0.25, 0.3) is 0 Å². The van der Waals surface area contributed by atoms with E-state index in [2.05, 4.69) is 45.2 Å². The lowest BCUT2D eigenvalue weighted by Crippen LogP contribution is -2.23. The molecule has 1 amide bonds.